The van der Waals surface area contributed by atoms with Crippen LogP contribution < -0.4 is 9.61 Å². The SMILES string of the molecule is C=C1C=CN([C@@H]2O[C@H](CO[P@](=S)(N[C@@H](C)C(=O)OC3CCCCC3)Oc3ccccc3)[C@@H](O)[C@@]2(C)F)C(=O)C1. The molecule has 39 heavy (non-hydrogen) atoms. The molecule has 0 radical (unpaired) electrons. The van der Waals surface area contributed by atoms with E-state index in [-0.39, 0.29) is 19.1 Å². The molecule has 214 valence electrons. The zero-order chi connectivity index (χ0) is 28.2. The van der Waals surface area contributed by atoms with Gasteiger partial charge in [-0.15, -0.1) is 0 Å². The van der Waals surface area contributed by atoms with E-state index in [0.29, 0.717) is 11.3 Å². The average molecular weight is 583 g/mol. The third-order valence-corrected chi connectivity index (χ3v) is 9.52. The number of allylic oxidation sites excluding steroid dienone is 1. The average Bonchev–Trinajstić information content (AvgIpc) is 3.12. The molecule has 9 nitrogen and oxygen atoms in total. The molecule has 1 saturated heterocycles. The first-order valence-electron chi connectivity index (χ1n) is 13.2. The quantitative estimate of drug-likeness (QED) is 0.309. The van der Waals surface area contributed by atoms with Crippen molar-refractivity contribution in [1.29, 1.82) is 0 Å². The van der Waals surface area contributed by atoms with Gasteiger partial charge in [-0.2, -0.15) is 0 Å². The molecule has 1 aromatic carbocycles. The summed E-state index contributed by atoms with van der Waals surface area (Å²) in [5.41, 5.74) is -1.70. The predicted molar refractivity (Wildman–Crippen MR) is 147 cm³/mol. The van der Waals surface area contributed by atoms with Gasteiger partial charge in [-0.05, 0) is 75.1 Å². The van der Waals surface area contributed by atoms with E-state index in [4.69, 9.17) is 30.3 Å². The second-order valence-corrected chi connectivity index (χ2v) is 13.5. The highest BCUT2D eigenvalue weighted by atomic mass is 32.5. The van der Waals surface area contributed by atoms with Crippen LogP contribution in [0.1, 0.15) is 52.4 Å². The largest absolute Gasteiger partial charge is 0.461 e. The molecular weight excluding hydrogens is 546 g/mol. The van der Waals surface area contributed by atoms with E-state index in [0.717, 1.165) is 37.0 Å². The Balaban J connectivity index is 1.45. The molecule has 1 aliphatic carbocycles. The lowest BCUT2D eigenvalue weighted by Crippen LogP contribution is -2.51. The number of ether oxygens (including phenoxy) is 2. The first kappa shape index (κ1) is 29.8. The summed E-state index contributed by atoms with van der Waals surface area (Å²) in [5, 5.41) is 13.7. The van der Waals surface area contributed by atoms with Gasteiger partial charge in [0.15, 0.2) is 11.9 Å². The number of carbonyl (C=O) groups is 2. The van der Waals surface area contributed by atoms with Crippen LogP contribution in [0.15, 0.2) is 54.8 Å². The monoisotopic (exact) mass is 582 g/mol. The summed E-state index contributed by atoms with van der Waals surface area (Å²) in [5.74, 6) is -0.455. The van der Waals surface area contributed by atoms with Crippen molar-refractivity contribution in [2.24, 2.45) is 0 Å². The number of carbonyl (C=O) groups excluding carboxylic acids is 2. The Kier molecular flexibility index (Phi) is 9.62. The van der Waals surface area contributed by atoms with E-state index >= 15 is 4.39 Å². The first-order chi connectivity index (χ1) is 18.5. The number of halogens is 1. The highest BCUT2D eigenvalue weighted by Gasteiger charge is 2.57. The second kappa shape index (κ2) is 12.6. The van der Waals surface area contributed by atoms with E-state index in [1.807, 2.05) is 6.07 Å². The van der Waals surface area contributed by atoms with Crippen LogP contribution >= 0.6 is 6.64 Å². The van der Waals surface area contributed by atoms with Gasteiger partial charge in [-0.3, -0.25) is 14.5 Å². The lowest BCUT2D eigenvalue weighted by Gasteiger charge is -2.33. The molecule has 3 aliphatic rings. The zero-order valence-electron chi connectivity index (χ0n) is 22.2. The van der Waals surface area contributed by atoms with Gasteiger partial charge in [0.1, 0.15) is 30.1 Å². The van der Waals surface area contributed by atoms with Crippen molar-refractivity contribution >= 4 is 30.3 Å². The van der Waals surface area contributed by atoms with E-state index in [1.54, 1.807) is 37.3 Å². The van der Waals surface area contributed by atoms with Crippen molar-refractivity contribution in [3.63, 3.8) is 0 Å². The Hall–Kier alpha value is -2.14. The molecule has 0 aromatic heterocycles. The van der Waals surface area contributed by atoms with E-state index in [1.165, 1.54) is 13.1 Å². The molecule has 1 saturated carbocycles. The van der Waals surface area contributed by atoms with Crippen LogP contribution in [0.4, 0.5) is 4.39 Å². The topological polar surface area (TPSA) is 107 Å². The van der Waals surface area contributed by atoms with Crippen LogP contribution in [0.3, 0.4) is 0 Å². The third kappa shape index (κ3) is 7.34. The Labute approximate surface area is 233 Å². The first-order valence-corrected chi connectivity index (χ1v) is 15.8. The number of nitrogens with zero attached hydrogens (tertiary/aromatic N) is 1. The fourth-order valence-corrected chi connectivity index (χ4v) is 7.21. The Morgan fingerprint density at radius 3 is 2.69 bits per heavy atom. The van der Waals surface area contributed by atoms with E-state index in [2.05, 4.69) is 11.7 Å². The number of aliphatic hydroxyl groups is 1. The molecule has 12 heteroatoms. The second-order valence-electron chi connectivity index (χ2n) is 10.3. The number of hydrogen-bond acceptors (Lipinski definition) is 8. The Morgan fingerprint density at radius 2 is 2.03 bits per heavy atom. The van der Waals surface area contributed by atoms with Gasteiger partial charge in [0.2, 0.25) is 5.91 Å². The van der Waals surface area contributed by atoms with Gasteiger partial charge in [-0.1, -0.05) is 31.2 Å². The highest BCUT2D eigenvalue weighted by Crippen LogP contribution is 2.47. The van der Waals surface area contributed by atoms with Crippen molar-refractivity contribution in [1.82, 2.24) is 9.99 Å². The molecule has 2 fully saturated rings. The molecule has 0 spiro atoms. The van der Waals surface area contributed by atoms with Crippen LogP contribution in [0.5, 0.6) is 5.75 Å². The van der Waals surface area contributed by atoms with Gasteiger partial charge < -0.3 is 23.6 Å². The standard InChI is InChI=1S/C27H36FN2O7PS/c1-18-14-15-30(23(31)16-18)26-27(3,28)24(32)22(36-26)17-34-38(39,37-21-12-8-5-9-13-21)29-19(2)25(33)35-20-10-6-4-7-11-20/h5,8-9,12-15,19-20,22,24,26,32H,1,4,6-7,10-11,16-17H2,2-3H3,(H,29,39)/t19-,22+,24+,26+,27+,38+/m0/s1. The minimum absolute atomic E-state index is 0.0220. The number of hydrogen-bond donors (Lipinski definition) is 2. The van der Waals surface area contributed by atoms with Crippen LogP contribution in [-0.2, 0) is 35.4 Å². The number of nitrogens with one attached hydrogen (secondary N) is 1. The van der Waals surface area contributed by atoms with Crippen molar-refractivity contribution in [2.45, 2.75) is 88.6 Å². The minimum Gasteiger partial charge on any atom is -0.461 e. The summed E-state index contributed by atoms with van der Waals surface area (Å²) in [6.07, 6.45) is 3.55. The number of esters is 1. The van der Waals surface area contributed by atoms with E-state index in [9.17, 15) is 14.7 Å². The summed E-state index contributed by atoms with van der Waals surface area (Å²) in [7, 11) is 0. The summed E-state index contributed by atoms with van der Waals surface area (Å²) in [4.78, 5) is 26.5. The van der Waals surface area contributed by atoms with Gasteiger partial charge in [0.25, 0.3) is 0 Å². The summed E-state index contributed by atoms with van der Waals surface area (Å²) >= 11 is 5.73. The number of para-hydroxylation sites is 1. The van der Waals surface area contributed by atoms with Crippen molar-refractivity contribution in [2.75, 3.05) is 6.61 Å². The number of rotatable bonds is 10. The molecule has 2 heterocycles. The molecular formula is C27H36FN2O7PS. The normalized spacial score (nSPS) is 30.2. The van der Waals surface area contributed by atoms with Crippen molar-refractivity contribution < 1.29 is 37.6 Å². The minimum atomic E-state index is -3.43. The molecule has 2 aliphatic heterocycles. The molecule has 1 amide bonds. The maximum Gasteiger partial charge on any atom is 0.323 e. The van der Waals surface area contributed by atoms with Crippen molar-refractivity contribution in [3.8, 4) is 5.75 Å². The molecule has 0 unspecified atom stereocenters. The molecule has 6 atom stereocenters. The third-order valence-electron chi connectivity index (χ3n) is 7.02. The number of aliphatic hydroxyl groups excluding tert-OH is 1. The van der Waals surface area contributed by atoms with Crippen LogP contribution in [-0.4, -0.2) is 64.7 Å². The summed E-state index contributed by atoms with van der Waals surface area (Å²) in [6.45, 7) is 2.75. The van der Waals surface area contributed by atoms with Gasteiger partial charge in [0.05, 0.1) is 13.0 Å². The van der Waals surface area contributed by atoms with Crippen LogP contribution in [0, 0.1) is 0 Å². The number of benzene rings is 1. The zero-order valence-corrected chi connectivity index (χ0v) is 23.9. The molecule has 1 aromatic rings. The molecule has 0 bridgehead atoms. The maximum atomic E-state index is 15.7. The molecule has 4 rings (SSSR count). The molecule has 2 N–H and O–H groups in total. The number of alkyl halides is 1. The fourth-order valence-electron chi connectivity index (χ4n) is 4.79. The predicted octanol–water partition coefficient (Wildman–Crippen LogP) is 4.28. The maximum absolute atomic E-state index is 15.7. The van der Waals surface area contributed by atoms with Crippen molar-refractivity contribution in [3.05, 3.63) is 54.8 Å². The summed E-state index contributed by atoms with van der Waals surface area (Å²) < 4.78 is 39.1. The Morgan fingerprint density at radius 1 is 1.33 bits per heavy atom. The van der Waals surface area contributed by atoms with Gasteiger partial charge in [-0.25, -0.2) is 9.48 Å². The lowest BCUT2D eigenvalue weighted by atomic mass is 9.97. The smallest absolute Gasteiger partial charge is 0.323 e. The fraction of sp³-hybridized carbons (Fsp3) is 0.556. The lowest BCUT2D eigenvalue weighted by molar-refractivity contribution is -0.152. The highest BCUT2D eigenvalue weighted by molar-refractivity contribution is 8.09. The summed E-state index contributed by atoms with van der Waals surface area (Å²) in [6, 6.07) is 7.86. The van der Waals surface area contributed by atoms with Gasteiger partial charge in [0, 0.05) is 6.20 Å². The van der Waals surface area contributed by atoms with Gasteiger partial charge >= 0.3 is 12.6 Å². The van der Waals surface area contributed by atoms with Crippen LogP contribution in [0.25, 0.3) is 0 Å². The van der Waals surface area contributed by atoms with E-state index < -0.39 is 48.7 Å². The van der Waals surface area contributed by atoms with Crippen LogP contribution in [0.2, 0.25) is 0 Å². The number of amides is 1. The Bertz CT molecular complexity index is 1130.